The second kappa shape index (κ2) is 6.76. The van der Waals surface area contributed by atoms with E-state index in [4.69, 9.17) is 0 Å². The van der Waals surface area contributed by atoms with Crippen molar-refractivity contribution < 1.29 is 13.6 Å². The predicted octanol–water partition coefficient (Wildman–Crippen LogP) is 4.37. The highest BCUT2D eigenvalue weighted by molar-refractivity contribution is 7.79. The maximum absolute atomic E-state index is 13.4. The maximum Gasteiger partial charge on any atom is 0.251 e. The van der Waals surface area contributed by atoms with Crippen LogP contribution in [0.15, 0.2) is 70.4 Å². The summed E-state index contributed by atoms with van der Waals surface area (Å²) in [5, 5.41) is 3.96. The average Bonchev–Trinajstić information content (AvgIpc) is 2.75. The molecule has 0 amide bonds. The van der Waals surface area contributed by atoms with Gasteiger partial charge in [-0.15, -0.1) is 0 Å². The summed E-state index contributed by atoms with van der Waals surface area (Å²) in [6.45, 7) is 1.76. The lowest BCUT2D eigenvalue weighted by Crippen LogP contribution is -2.18. The third kappa shape index (κ3) is 2.71. The standard InChI is InChI=1S/C23H16N2O4S/c1-12-19-15-4-2-3-5-16(15)22(26)21-18(11-10-17(20(19)21)25-23(12)27)24-13-6-8-14(9-7-13)30(28)29/h2-11,24H,1H3,(H,25,27)(H,28,29). The molecule has 3 N–H and O–H groups in total. The number of nitrogens with one attached hydrogen (secondary N) is 2. The Hall–Kier alpha value is -3.55. The Kier molecular flexibility index (Phi) is 4.16. The number of benzene rings is 3. The van der Waals surface area contributed by atoms with E-state index in [1.807, 2.05) is 18.2 Å². The minimum Gasteiger partial charge on any atom is -0.355 e. The van der Waals surface area contributed by atoms with Crippen molar-refractivity contribution in [3.63, 3.8) is 0 Å². The van der Waals surface area contributed by atoms with Crippen LogP contribution in [-0.4, -0.2) is 19.5 Å². The van der Waals surface area contributed by atoms with Crippen molar-refractivity contribution in [3.05, 3.63) is 87.7 Å². The van der Waals surface area contributed by atoms with E-state index in [1.165, 1.54) is 0 Å². The number of anilines is 2. The number of H-pyrrole nitrogens is 1. The number of fused-ring (bicyclic) bond motifs is 2. The fourth-order valence-corrected chi connectivity index (χ4v) is 4.37. The summed E-state index contributed by atoms with van der Waals surface area (Å²) in [7, 11) is 0. The van der Waals surface area contributed by atoms with Crippen LogP contribution < -0.4 is 10.9 Å². The monoisotopic (exact) mass is 416 g/mol. The molecule has 1 heterocycles. The molecule has 1 aromatic heterocycles. The van der Waals surface area contributed by atoms with E-state index in [2.05, 4.69) is 10.3 Å². The molecule has 148 valence electrons. The first-order chi connectivity index (χ1) is 14.5. The van der Waals surface area contributed by atoms with Gasteiger partial charge in [-0.05, 0) is 48.9 Å². The van der Waals surface area contributed by atoms with Crippen molar-refractivity contribution in [3.8, 4) is 11.1 Å². The van der Waals surface area contributed by atoms with Crippen molar-refractivity contribution >= 4 is 39.1 Å². The van der Waals surface area contributed by atoms with Crippen LogP contribution in [0.5, 0.6) is 0 Å². The van der Waals surface area contributed by atoms with Gasteiger partial charge in [0.2, 0.25) is 0 Å². The number of pyridine rings is 1. The second-order valence-electron chi connectivity index (χ2n) is 7.14. The van der Waals surface area contributed by atoms with Crippen LogP contribution >= 0.6 is 0 Å². The SMILES string of the molecule is Cc1c2c3c(c(Nc4ccc(S(=O)O)cc4)ccc3[nH]c1=O)C(=O)c1ccccc1-2. The summed E-state index contributed by atoms with van der Waals surface area (Å²) in [4.78, 5) is 29.1. The molecular weight excluding hydrogens is 400 g/mol. The molecular formula is C23H16N2O4S. The summed E-state index contributed by atoms with van der Waals surface area (Å²) in [5.74, 6) is -0.120. The molecule has 1 unspecified atom stereocenters. The zero-order chi connectivity index (χ0) is 21.0. The van der Waals surface area contributed by atoms with E-state index in [9.17, 15) is 18.4 Å². The highest BCUT2D eigenvalue weighted by atomic mass is 32.2. The van der Waals surface area contributed by atoms with Gasteiger partial charge in [-0.1, -0.05) is 24.3 Å². The van der Waals surface area contributed by atoms with Gasteiger partial charge in [0.15, 0.2) is 16.9 Å². The highest BCUT2D eigenvalue weighted by Gasteiger charge is 2.29. The summed E-state index contributed by atoms with van der Waals surface area (Å²) < 4.78 is 20.4. The molecule has 4 aromatic rings. The molecule has 0 saturated carbocycles. The maximum atomic E-state index is 13.4. The first-order valence-electron chi connectivity index (χ1n) is 9.27. The zero-order valence-corrected chi connectivity index (χ0v) is 16.7. The molecule has 30 heavy (non-hydrogen) atoms. The van der Waals surface area contributed by atoms with Crippen molar-refractivity contribution in [2.24, 2.45) is 0 Å². The van der Waals surface area contributed by atoms with E-state index in [-0.39, 0.29) is 11.3 Å². The Morgan fingerprint density at radius 2 is 1.60 bits per heavy atom. The van der Waals surface area contributed by atoms with Crippen LogP contribution in [0.1, 0.15) is 21.5 Å². The first-order valence-corrected chi connectivity index (χ1v) is 10.4. The molecule has 7 heteroatoms. The molecule has 0 aliphatic heterocycles. The Morgan fingerprint density at radius 1 is 0.900 bits per heavy atom. The van der Waals surface area contributed by atoms with Crippen LogP contribution in [0.3, 0.4) is 0 Å². The molecule has 1 aliphatic carbocycles. The van der Waals surface area contributed by atoms with Gasteiger partial charge in [0.25, 0.3) is 5.56 Å². The van der Waals surface area contributed by atoms with Gasteiger partial charge >= 0.3 is 0 Å². The normalized spacial score (nSPS) is 13.2. The van der Waals surface area contributed by atoms with Gasteiger partial charge in [-0.25, -0.2) is 4.21 Å². The quantitative estimate of drug-likeness (QED) is 0.379. The Morgan fingerprint density at radius 3 is 2.30 bits per heavy atom. The Bertz CT molecular complexity index is 1440. The van der Waals surface area contributed by atoms with Gasteiger partial charge in [0, 0.05) is 33.3 Å². The van der Waals surface area contributed by atoms with E-state index < -0.39 is 11.1 Å². The van der Waals surface area contributed by atoms with Crippen LogP contribution in [-0.2, 0) is 11.1 Å². The topological polar surface area (TPSA) is 99.3 Å². The Balaban J connectivity index is 1.76. The lowest BCUT2D eigenvalue weighted by Gasteiger charge is -2.23. The van der Waals surface area contributed by atoms with E-state index in [1.54, 1.807) is 49.4 Å². The molecule has 0 spiro atoms. The molecule has 0 saturated heterocycles. The smallest absolute Gasteiger partial charge is 0.251 e. The molecule has 0 radical (unpaired) electrons. The van der Waals surface area contributed by atoms with Crippen molar-refractivity contribution in [1.82, 2.24) is 4.98 Å². The molecule has 3 aromatic carbocycles. The summed E-state index contributed by atoms with van der Waals surface area (Å²) in [5.41, 5.74) is 4.85. The number of ketones is 1. The number of rotatable bonds is 3. The second-order valence-corrected chi connectivity index (χ2v) is 8.11. The summed E-state index contributed by atoms with van der Waals surface area (Å²) >= 11 is -2.05. The molecule has 5 rings (SSSR count). The van der Waals surface area contributed by atoms with Crippen LogP contribution in [0, 0.1) is 6.92 Å². The first kappa shape index (κ1) is 18.5. The summed E-state index contributed by atoms with van der Waals surface area (Å²) in [6.07, 6.45) is 0. The lowest BCUT2D eigenvalue weighted by atomic mass is 9.81. The molecule has 6 nitrogen and oxygen atoms in total. The third-order valence-electron chi connectivity index (χ3n) is 5.42. The Labute approximate surface area is 173 Å². The highest BCUT2D eigenvalue weighted by Crippen LogP contribution is 2.42. The third-order valence-corrected chi connectivity index (χ3v) is 6.10. The largest absolute Gasteiger partial charge is 0.355 e. The number of carbonyl (C=O) groups is 1. The molecule has 0 fully saturated rings. The van der Waals surface area contributed by atoms with Gasteiger partial charge < -0.3 is 14.9 Å². The number of hydrogen-bond acceptors (Lipinski definition) is 4. The fourth-order valence-electron chi connectivity index (χ4n) is 4.00. The van der Waals surface area contributed by atoms with Gasteiger partial charge in [-0.2, -0.15) is 0 Å². The minimum atomic E-state index is -2.05. The molecule has 1 atom stereocenters. The molecule has 0 bridgehead atoms. The van der Waals surface area contributed by atoms with E-state index in [0.29, 0.717) is 43.9 Å². The number of aromatic amines is 1. The van der Waals surface area contributed by atoms with Crippen LogP contribution in [0.4, 0.5) is 11.4 Å². The number of carbonyl (C=O) groups excluding carboxylic acids is 1. The predicted molar refractivity (Wildman–Crippen MR) is 117 cm³/mol. The zero-order valence-electron chi connectivity index (χ0n) is 15.9. The lowest BCUT2D eigenvalue weighted by molar-refractivity contribution is 0.104. The average molecular weight is 416 g/mol. The van der Waals surface area contributed by atoms with E-state index in [0.717, 1.165) is 11.1 Å². The van der Waals surface area contributed by atoms with Crippen LogP contribution in [0.2, 0.25) is 0 Å². The van der Waals surface area contributed by atoms with E-state index >= 15 is 0 Å². The minimum absolute atomic E-state index is 0.120. The van der Waals surface area contributed by atoms with Crippen molar-refractivity contribution in [2.45, 2.75) is 11.8 Å². The van der Waals surface area contributed by atoms with Gasteiger partial charge in [0.1, 0.15) is 0 Å². The fraction of sp³-hybridized carbons (Fsp3) is 0.0435. The number of hydrogen-bond donors (Lipinski definition) is 3. The number of aromatic nitrogens is 1. The summed E-state index contributed by atoms with van der Waals surface area (Å²) in [6, 6.07) is 17.3. The molecule has 1 aliphatic rings. The van der Waals surface area contributed by atoms with Crippen LogP contribution in [0.25, 0.3) is 22.0 Å². The van der Waals surface area contributed by atoms with Crippen molar-refractivity contribution in [1.29, 1.82) is 0 Å². The van der Waals surface area contributed by atoms with Crippen molar-refractivity contribution in [2.75, 3.05) is 5.32 Å². The van der Waals surface area contributed by atoms with Gasteiger partial charge in [-0.3, -0.25) is 9.59 Å². The van der Waals surface area contributed by atoms with Gasteiger partial charge in [0.05, 0.1) is 16.1 Å².